The molecule has 2 aliphatic rings. The quantitative estimate of drug-likeness (QED) is 0.799. The van der Waals surface area contributed by atoms with Crippen LogP contribution in [-0.4, -0.2) is 59.2 Å². The molecule has 1 aliphatic carbocycles. The number of nitrogens with one attached hydrogen (secondary N) is 1. The first-order valence-corrected chi connectivity index (χ1v) is 9.28. The summed E-state index contributed by atoms with van der Waals surface area (Å²) in [5.41, 5.74) is 1.42. The van der Waals surface area contributed by atoms with Gasteiger partial charge in [0.2, 0.25) is 0 Å². The number of amides is 1. The van der Waals surface area contributed by atoms with E-state index in [9.17, 15) is 4.79 Å². The van der Waals surface area contributed by atoms with E-state index in [1.165, 1.54) is 0 Å². The molecule has 2 aromatic rings. The predicted molar refractivity (Wildman–Crippen MR) is 99.1 cm³/mol. The van der Waals surface area contributed by atoms with Crippen molar-refractivity contribution in [1.29, 1.82) is 0 Å². The molecule has 1 aliphatic heterocycles. The van der Waals surface area contributed by atoms with Crippen LogP contribution >= 0.6 is 0 Å². The van der Waals surface area contributed by atoms with E-state index >= 15 is 0 Å². The second-order valence-electron chi connectivity index (χ2n) is 7.19. The van der Waals surface area contributed by atoms with E-state index in [-0.39, 0.29) is 18.0 Å². The van der Waals surface area contributed by atoms with Crippen molar-refractivity contribution in [3.05, 3.63) is 35.7 Å². The molecule has 0 spiro atoms. The highest BCUT2D eigenvalue weighted by Crippen LogP contribution is 2.38. The Morgan fingerprint density at radius 2 is 1.89 bits per heavy atom. The van der Waals surface area contributed by atoms with Crippen molar-refractivity contribution in [2.75, 3.05) is 27.3 Å². The number of carbonyl (C=O) groups excluding carboxylic acids is 1. The predicted octanol–water partition coefficient (Wildman–Crippen LogP) is 1.81. The van der Waals surface area contributed by atoms with Gasteiger partial charge in [-0.05, 0) is 31.9 Å². The molecule has 0 radical (unpaired) electrons. The lowest BCUT2D eigenvalue weighted by Crippen LogP contribution is -2.59. The average Bonchev–Trinajstić information content (AvgIpc) is 3.39. The normalized spacial score (nSPS) is 18.6. The van der Waals surface area contributed by atoms with E-state index in [0.717, 1.165) is 43.0 Å². The Balaban J connectivity index is 1.35. The summed E-state index contributed by atoms with van der Waals surface area (Å²) in [6.07, 6.45) is 3.98. The Bertz CT molecular complexity index is 804. The molecule has 1 aromatic heterocycles. The maximum absolute atomic E-state index is 12.4. The van der Waals surface area contributed by atoms with Gasteiger partial charge in [-0.1, -0.05) is 11.3 Å². The van der Waals surface area contributed by atoms with Crippen LogP contribution in [0.3, 0.4) is 0 Å². The van der Waals surface area contributed by atoms with E-state index in [1.54, 1.807) is 25.1 Å². The van der Waals surface area contributed by atoms with Crippen molar-refractivity contribution in [2.24, 2.45) is 0 Å². The molecule has 2 heterocycles. The molecule has 1 unspecified atom stereocenters. The van der Waals surface area contributed by atoms with Crippen molar-refractivity contribution in [3.8, 4) is 11.5 Å². The van der Waals surface area contributed by atoms with Crippen LogP contribution in [-0.2, 0) is 0 Å². The highest BCUT2D eigenvalue weighted by Gasteiger charge is 2.35. The van der Waals surface area contributed by atoms with Crippen LogP contribution in [0, 0.1) is 0 Å². The molecule has 8 nitrogen and oxygen atoms in total. The topological polar surface area (TPSA) is 81.5 Å². The largest absolute Gasteiger partial charge is 0.496 e. The van der Waals surface area contributed by atoms with Gasteiger partial charge in [0.1, 0.15) is 11.5 Å². The van der Waals surface area contributed by atoms with Crippen LogP contribution in [0.15, 0.2) is 24.4 Å². The smallest absolute Gasteiger partial charge is 0.273 e. The molecule has 4 rings (SSSR count). The molecule has 0 bridgehead atoms. The molecule has 1 saturated carbocycles. The zero-order valence-electron chi connectivity index (χ0n) is 15.9. The highest BCUT2D eigenvalue weighted by atomic mass is 16.5. The third kappa shape index (κ3) is 3.49. The van der Waals surface area contributed by atoms with Gasteiger partial charge >= 0.3 is 0 Å². The second-order valence-corrected chi connectivity index (χ2v) is 7.19. The third-order valence-corrected chi connectivity index (χ3v) is 5.34. The fraction of sp³-hybridized carbons (Fsp3) is 0.526. The Kier molecular flexibility index (Phi) is 4.73. The number of ether oxygens (including phenoxy) is 2. The van der Waals surface area contributed by atoms with Crippen molar-refractivity contribution in [3.63, 3.8) is 0 Å². The van der Waals surface area contributed by atoms with Gasteiger partial charge < -0.3 is 14.8 Å². The molecular formula is C19H25N5O3. The minimum Gasteiger partial charge on any atom is -0.496 e. The minimum atomic E-state index is -0.158. The first-order chi connectivity index (χ1) is 13.1. The van der Waals surface area contributed by atoms with Gasteiger partial charge in [0.25, 0.3) is 5.91 Å². The number of likely N-dealkylation sites (tertiary alicyclic amines) is 1. The summed E-state index contributed by atoms with van der Waals surface area (Å²) in [4.78, 5) is 14.7. The van der Waals surface area contributed by atoms with E-state index in [2.05, 4.69) is 27.5 Å². The monoisotopic (exact) mass is 371 g/mol. The number of rotatable bonds is 7. The molecule has 1 N–H and O–H groups in total. The molecule has 27 heavy (non-hydrogen) atoms. The first-order valence-electron chi connectivity index (χ1n) is 9.28. The average molecular weight is 371 g/mol. The van der Waals surface area contributed by atoms with Crippen molar-refractivity contribution in [1.82, 2.24) is 25.2 Å². The van der Waals surface area contributed by atoms with Crippen LogP contribution in [0.25, 0.3) is 0 Å². The number of methoxy groups -OCH3 is 2. The molecule has 8 heteroatoms. The lowest BCUT2D eigenvalue weighted by Gasteiger charge is -2.43. The third-order valence-electron chi connectivity index (χ3n) is 5.34. The zero-order valence-corrected chi connectivity index (χ0v) is 15.9. The molecule has 1 aromatic carbocycles. The Morgan fingerprint density at radius 3 is 2.48 bits per heavy atom. The number of nitrogens with zero attached hydrogens (tertiary/aromatic N) is 4. The summed E-state index contributed by atoms with van der Waals surface area (Å²) in [6.45, 7) is 3.66. The Labute approximate surface area is 158 Å². The van der Waals surface area contributed by atoms with Gasteiger partial charge in [-0.15, -0.1) is 5.10 Å². The fourth-order valence-electron chi connectivity index (χ4n) is 3.55. The van der Waals surface area contributed by atoms with E-state index < -0.39 is 0 Å². The molecule has 2 fully saturated rings. The number of carbonyl (C=O) groups is 1. The lowest BCUT2D eigenvalue weighted by molar-refractivity contribution is 0.0659. The number of hydrogen-bond acceptors (Lipinski definition) is 6. The zero-order chi connectivity index (χ0) is 19.0. The molecular weight excluding hydrogens is 346 g/mol. The summed E-state index contributed by atoms with van der Waals surface area (Å²) < 4.78 is 12.8. The van der Waals surface area contributed by atoms with Gasteiger partial charge in [0, 0.05) is 19.1 Å². The van der Waals surface area contributed by atoms with Crippen molar-refractivity contribution in [2.45, 2.75) is 37.9 Å². The van der Waals surface area contributed by atoms with Gasteiger partial charge in [-0.2, -0.15) is 0 Å². The second kappa shape index (κ2) is 7.19. The fourth-order valence-corrected chi connectivity index (χ4v) is 3.55. The maximum Gasteiger partial charge on any atom is 0.273 e. The molecule has 1 atom stereocenters. The summed E-state index contributed by atoms with van der Waals surface area (Å²) in [6, 6.07) is 6.45. The number of benzene rings is 1. The summed E-state index contributed by atoms with van der Waals surface area (Å²) in [5.74, 6) is 1.46. The van der Waals surface area contributed by atoms with Gasteiger partial charge in [-0.3, -0.25) is 9.69 Å². The van der Waals surface area contributed by atoms with Crippen LogP contribution < -0.4 is 14.8 Å². The lowest BCUT2D eigenvalue weighted by atomic mass is 9.98. The van der Waals surface area contributed by atoms with Crippen LogP contribution in [0.2, 0.25) is 0 Å². The molecule has 144 valence electrons. The van der Waals surface area contributed by atoms with Crippen LogP contribution in [0.1, 0.15) is 47.9 Å². The Hall–Kier alpha value is -2.61. The van der Waals surface area contributed by atoms with Gasteiger partial charge in [-0.25, -0.2) is 4.68 Å². The van der Waals surface area contributed by atoms with Crippen molar-refractivity contribution >= 4 is 5.91 Å². The number of aromatic nitrogens is 3. The minimum absolute atomic E-state index is 0.103. The van der Waals surface area contributed by atoms with Crippen molar-refractivity contribution < 1.29 is 14.3 Å². The van der Waals surface area contributed by atoms with E-state index in [4.69, 9.17) is 9.47 Å². The summed E-state index contributed by atoms with van der Waals surface area (Å²) >= 11 is 0. The van der Waals surface area contributed by atoms with Gasteiger partial charge in [0.15, 0.2) is 5.69 Å². The summed E-state index contributed by atoms with van der Waals surface area (Å²) in [7, 11) is 3.33. The van der Waals surface area contributed by atoms with Gasteiger partial charge in [0.05, 0.1) is 38.1 Å². The van der Waals surface area contributed by atoms with E-state index in [1.807, 2.05) is 18.2 Å². The summed E-state index contributed by atoms with van der Waals surface area (Å²) in [5, 5.41) is 11.1. The highest BCUT2D eigenvalue weighted by molar-refractivity contribution is 5.92. The van der Waals surface area contributed by atoms with E-state index in [0.29, 0.717) is 11.7 Å². The molecule has 1 saturated heterocycles. The molecule has 1 amide bonds. The number of hydrogen-bond donors (Lipinski definition) is 1. The van der Waals surface area contributed by atoms with Crippen LogP contribution in [0.4, 0.5) is 0 Å². The standard InChI is InChI=1S/C19H25N5O3/c1-12(18-16(26-2)5-4-6-17(18)27-3)23-9-13(10-23)20-19(25)15-11-24(22-21-15)14-7-8-14/h4-6,11-14H,7-10H2,1-3H3,(H,20,25). The first kappa shape index (κ1) is 17.8. The SMILES string of the molecule is COc1cccc(OC)c1C(C)N1CC(NC(=O)c2cn(C3CC3)nn2)C1. The van der Waals surface area contributed by atoms with Crippen LogP contribution in [0.5, 0.6) is 11.5 Å². The Morgan fingerprint density at radius 1 is 1.22 bits per heavy atom. The maximum atomic E-state index is 12.4.